The third-order valence-corrected chi connectivity index (χ3v) is 9.14. The first-order valence-electron chi connectivity index (χ1n) is 17.8. The second-order valence-corrected chi connectivity index (χ2v) is 13.1. The smallest absolute Gasteiger partial charge is 0.364 e. The molecule has 302 valence electrons. The van der Waals surface area contributed by atoms with Gasteiger partial charge in [0.25, 0.3) is 11.8 Å². The molecule has 18 heteroatoms. The summed E-state index contributed by atoms with van der Waals surface area (Å²) in [5.41, 5.74) is 0.492. The van der Waals surface area contributed by atoms with Crippen LogP contribution in [0.1, 0.15) is 90.6 Å². The summed E-state index contributed by atoms with van der Waals surface area (Å²) in [7, 11) is 1.48. The molecular weight excluding hydrogens is 800 g/mol. The zero-order valence-electron chi connectivity index (χ0n) is 31.3. The molecule has 3 atom stereocenters. The van der Waals surface area contributed by atoms with Gasteiger partial charge in [0.05, 0.1) is 49.9 Å². The summed E-state index contributed by atoms with van der Waals surface area (Å²) in [6.07, 6.45) is 2.51. The van der Waals surface area contributed by atoms with Crippen LogP contribution in [0.2, 0.25) is 0 Å². The summed E-state index contributed by atoms with van der Waals surface area (Å²) < 4.78 is 16.9. The zero-order chi connectivity index (χ0) is 41.4. The SMILES string of the molecule is CCCCCC(C(=O)NCNC(=O)c1ccc(-c2ccc(C(=O)NC(CC(=O)O)C(=O)O)c(OCC)c2)o1)[C@@H](CC)N(C=O)OC(=O)c1ccc(OC)cc1Br. The van der Waals surface area contributed by atoms with Gasteiger partial charge in [-0.15, -0.1) is 0 Å². The molecule has 2 aromatic carbocycles. The van der Waals surface area contributed by atoms with E-state index in [0.29, 0.717) is 35.0 Å². The lowest BCUT2D eigenvalue weighted by Crippen LogP contribution is -2.49. The van der Waals surface area contributed by atoms with Crippen molar-refractivity contribution < 1.29 is 62.5 Å². The van der Waals surface area contributed by atoms with Gasteiger partial charge in [-0.2, -0.15) is 5.06 Å². The summed E-state index contributed by atoms with van der Waals surface area (Å²) in [6, 6.07) is 9.29. The van der Waals surface area contributed by atoms with Crippen molar-refractivity contribution in [2.24, 2.45) is 5.92 Å². The van der Waals surface area contributed by atoms with Crippen molar-refractivity contribution in [3.8, 4) is 22.8 Å². The van der Waals surface area contributed by atoms with Crippen molar-refractivity contribution in [1.82, 2.24) is 21.0 Å². The number of aliphatic carboxylic acids is 2. The maximum atomic E-state index is 13.6. The van der Waals surface area contributed by atoms with E-state index in [9.17, 15) is 38.7 Å². The Morgan fingerprint density at radius 3 is 2.27 bits per heavy atom. The number of carbonyl (C=O) groups is 7. The number of unbranched alkanes of at least 4 members (excludes halogenated alkanes) is 2. The Bertz CT molecular complexity index is 1880. The third-order valence-electron chi connectivity index (χ3n) is 8.49. The summed E-state index contributed by atoms with van der Waals surface area (Å²) in [5, 5.41) is 26.6. The predicted molar refractivity (Wildman–Crippen MR) is 203 cm³/mol. The fourth-order valence-electron chi connectivity index (χ4n) is 5.65. The van der Waals surface area contributed by atoms with Crippen LogP contribution in [-0.4, -0.2) is 89.8 Å². The summed E-state index contributed by atoms with van der Waals surface area (Å²) in [4.78, 5) is 92.7. The summed E-state index contributed by atoms with van der Waals surface area (Å²) >= 11 is 3.31. The molecule has 4 amide bonds. The van der Waals surface area contributed by atoms with E-state index >= 15 is 0 Å². The first kappa shape index (κ1) is 44.5. The lowest BCUT2D eigenvalue weighted by Gasteiger charge is -2.32. The Morgan fingerprint density at radius 1 is 0.929 bits per heavy atom. The molecule has 0 aliphatic heterocycles. The molecule has 0 spiro atoms. The van der Waals surface area contributed by atoms with E-state index in [4.69, 9.17) is 23.8 Å². The molecule has 0 saturated carbocycles. The van der Waals surface area contributed by atoms with Crippen molar-refractivity contribution in [2.45, 2.75) is 71.4 Å². The van der Waals surface area contributed by atoms with Crippen LogP contribution in [-0.2, 0) is 24.0 Å². The van der Waals surface area contributed by atoms with Gasteiger partial charge < -0.3 is 44.9 Å². The van der Waals surface area contributed by atoms with Crippen LogP contribution >= 0.6 is 15.9 Å². The Morgan fingerprint density at radius 2 is 1.66 bits per heavy atom. The van der Waals surface area contributed by atoms with Crippen LogP contribution < -0.4 is 25.4 Å². The normalized spacial score (nSPS) is 12.3. The monoisotopic (exact) mass is 844 g/mol. The number of rotatable bonds is 23. The van der Waals surface area contributed by atoms with Gasteiger partial charge in [-0.05, 0) is 78.2 Å². The Labute approximate surface area is 331 Å². The van der Waals surface area contributed by atoms with Crippen LogP contribution in [0.15, 0.2) is 57.4 Å². The van der Waals surface area contributed by atoms with Gasteiger partial charge in [0, 0.05) is 10.0 Å². The third kappa shape index (κ3) is 12.3. The number of carbonyl (C=O) groups excluding carboxylic acids is 5. The average Bonchev–Trinajstić information content (AvgIpc) is 3.67. The van der Waals surface area contributed by atoms with Crippen LogP contribution in [0.5, 0.6) is 11.5 Å². The van der Waals surface area contributed by atoms with Crippen molar-refractivity contribution in [3.05, 3.63) is 69.9 Å². The van der Waals surface area contributed by atoms with Gasteiger partial charge in [0.1, 0.15) is 23.3 Å². The number of hydrogen-bond acceptors (Lipinski definition) is 11. The van der Waals surface area contributed by atoms with Crippen LogP contribution in [0.25, 0.3) is 11.3 Å². The number of nitrogens with one attached hydrogen (secondary N) is 3. The highest BCUT2D eigenvalue weighted by Crippen LogP contribution is 2.30. The number of benzene rings is 2. The fraction of sp³-hybridized carbons (Fsp3) is 0.395. The molecule has 0 radical (unpaired) electrons. The van der Waals surface area contributed by atoms with Crippen LogP contribution in [0.3, 0.4) is 0 Å². The zero-order valence-corrected chi connectivity index (χ0v) is 32.9. The molecule has 0 saturated heterocycles. The average molecular weight is 846 g/mol. The molecule has 17 nitrogen and oxygen atoms in total. The van der Waals surface area contributed by atoms with Crippen molar-refractivity contribution >= 4 is 58.0 Å². The van der Waals surface area contributed by atoms with Gasteiger partial charge in [-0.3, -0.25) is 24.0 Å². The predicted octanol–water partition coefficient (Wildman–Crippen LogP) is 4.78. The number of methoxy groups -OCH3 is 1. The van der Waals surface area contributed by atoms with Gasteiger partial charge in [0.2, 0.25) is 12.3 Å². The van der Waals surface area contributed by atoms with Crippen molar-refractivity contribution in [2.75, 3.05) is 20.4 Å². The Hall–Kier alpha value is -5.91. The van der Waals surface area contributed by atoms with Crippen molar-refractivity contribution in [1.29, 1.82) is 0 Å². The second kappa shape index (κ2) is 21.8. The molecule has 5 N–H and O–H groups in total. The van der Waals surface area contributed by atoms with E-state index in [1.54, 1.807) is 26.0 Å². The molecule has 3 rings (SSSR count). The lowest BCUT2D eigenvalue weighted by molar-refractivity contribution is -0.171. The van der Waals surface area contributed by atoms with E-state index < -0.39 is 60.1 Å². The van der Waals surface area contributed by atoms with Gasteiger partial charge >= 0.3 is 17.9 Å². The van der Waals surface area contributed by atoms with Gasteiger partial charge in [-0.1, -0.05) is 39.2 Å². The standard InChI is InChI=1S/C38H45BrN4O13/c1-5-8-9-10-25(29(6-2)43(21-44)56-38(52)24-14-12-23(53-4)18-27(24)39)34(47)40-20-41-36(49)31-16-15-30(55-31)22-11-13-26(32(17-22)54-7-3)35(48)42-28(37(50)51)19-33(45)46/h11-18,21,25,28-29H,5-10,19-20H2,1-4H3,(H,40,47)(H,41,49)(H,42,48)(H,45,46)(H,50,51)/t25?,28?,29-/m1/s1. The number of nitrogens with zero attached hydrogens (tertiary/aromatic N) is 1. The minimum absolute atomic E-state index is 0.0504. The molecule has 0 aliphatic carbocycles. The van der Waals surface area contributed by atoms with E-state index in [1.165, 1.54) is 43.5 Å². The number of furan rings is 1. The van der Waals surface area contributed by atoms with E-state index in [0.717, 1.165) is 17.9 Å². The molecule has 1 heterocycles. The largest absolute Gasteiger partial charge is 0.497 e. The fourth-order valence-corrected chi connectivity index (χ4v) is 6.17. The minimum atomic E-state index is -1.67. The molecular formula is C38H45BrN4O13. The molecule has 56 heavy (non-hydrogen) atoms. The van der Waals surface area contributed by atoms with Crippen LogP contribution in [0.4, 0.5) is 0 Å². The number of hydroxylamine groups is 2. The molecule has 3 aromatic rings. The van der Waals surface area contributed by atoms with E-state index in [2.05, 4.69) is 31.9 Å². The van der Waals surface area contributed by atoms with Gasteiger partial charge in [0.15, 0.2) is 5.76 Å². The topological polar surface area (TPSA) is 240 Å². The first-order chi connectivity index (χ1) is 26.8. The maximum absolute atomic E-state index is 13.6. The number of carboxylic acid groups (broad SMARTS) is 2. The second-order valence-electron chi connectivity index (χ2n) is 12.3. The number of halogens is 1. The van der Waals surface area contributed by atoms with Crippen LogP contribution in [0, 0.1) is 5.92 Å². The summed E-state index contributed by atoms with van der Waals surface area (Å²) in [6.45, 7) is 5.26. The number of ether oxygens (including phenoxy) is 2. The van der Waals surface area contributed by atoms with E-state index in [-0.39, 0.29) is 48.1 Å². The molecule has 0 fully saturated rings. The maximum Gasteiger partial charge on any atom is 0.364 e. The molecule has 2 unspecified atom stereocenters. The van der Waals surface area contributed by atoms with Crippen molar-refractivity contribution in [3.63, 3.8) is 0 Å². The summed E-state index contributed by atoms with van der Waals surface area (Å²) in [5.74, 6) is -5.89. The molecule has 0 aliphatic rings. The highest BCUT2D eigenvalue weighted by atomic mass is 79.9. The first-order valence-corrected chi connectivity index (χ1v) is 18.5. The number of amides is 4. The lowest BCUT2D eigenvalue weighted by atomic mass is 9.90. The highest BCUT2D eigenvalue weighted by Gasteiger charge is 2.34. The number of carboxylic acids is 2. The highest BCUT2D eigenvalue weighted by molar-refractivity contribution is 9.10. The molecule has 0 bridgehead atoms. The van der Waals surface area contributed by atoms with Gasteiger partial charge in [-0.25, -0.2) is 9.59 Å². The minimum Gasteiger partial charge on any atom is -0.497 e. The Kier molecular flexibility index (Phi) is 17.4. The van der Waals surface area contributed by atoms with E-state index in [1.807, 2.05) is 6.92 Å². The quantitative estimate of drug-likeness (QED) is 0.0374. The number of hydrogen-bond donors (Lipinski definition) is 5. The molecule has 1 aromatic heterocycles. The Balaban J connectivity index is 1.70.